The van der Waals surface area contributed by atoms with Gasteiger partial charge < -0.3 is 25.9 Å². The molecule has 0 aliphatic rings. The highest BCUT2D eigenvalue weighted by atomic mass is 35.5. The lowest BCUT2D eigenvalue weighted by Gasteiger charge is -2.24. The van der Waals surface area contributed by atoms with Crippen molar-refractivity contribution in [2.75, 3.05) is 6.61 Å². The summed E-state index contributed by atoms with van der Waals surface area (Å²) in [5, 5.41) is 9.80. The number of rotatable bonds is 9. The van der Waals surface area contributed by atoms with E-state index in [9.17, 15) is 9.59 Å². The van der Waals surface area contributed by atoms with Crippen molar-refractivity contribution in [3.05, 3.63) is 34.9 Å². The molecule has 0 aliphatic carbocycles. The van der Waals surface area contributed by atoms with Gasteiger partial charge in [-0.25, -0.2) is 4.79 Å². The van der Waals surface area contributed by atoms with Gasteiger partial charge in [0.05, 0.1) is 6.04 Å². The number of nitrogens with two attached hydrogens (primary N) is 1. The van der Waals surface area contributed by atoms with E-state index in [-0.39, 0.29) is 24.3 Å². The van der Waals surface area contributed by atoms with E-state index in [1.165, 1.54) is 0 Å². The lowest BCUT2D eigenvalue weighted by atomic mass is 10.0. The number of amides is 2. The molecule has 0 fully saturated rings. The highest BCUT2D eigenvalue weighted by Crippen LogP contribution is 2.10. The number of nitrogens with zero attached hydrogens (tertiary/aromatic N) is 1. The predicted octanol–water partition coefficient (Wildman–Crippen LogP) is 3.18. The molecule has 0 spiro atoms. The average molecular weight is 427 g/mol. The minimum Gasteiger partial charge on any atom is -0.444 e. The Bertz CT molecular complexity index is 699. The molecule has 1 unspecified atom stereocenters. The summed E-state index contributed by atoms with van der Waals surface area (Å²) >= 11 is 5.82. The van der Waals surface area contributed by atoms with E-state index >= 15 is 0 Å². The average Bonchev–Trinajstić information content (AvgIpc) is 2.58. The van der Waals surface area contributed by atoms with Crippen LogP contribution in [0.5, 0.6) is 0 Å². The van der Waals surface area contributed by atoms with Gasteiger partial charge in [-0.3, -0.25) is 4.79 Å². The van der Waals surface area contributed by atoms with Crippen molar-refractivity contribution in [3.8, 4) is 0 Å². The van der Waals surface area contributed by atoms with Crippen molar-refractivity contribution in [3.63, 3.8) is 0 Å². The quantitative estimate of drug-likeness (QED) is 0.318. The van der Waals surface area contributed by atoms with Crippen molar-refractivity contribution in [1.29, 1.82) is 0 Å². The van der Waals surface area contributed by atoms with E-state index in [0.717, 1.165) is 5.56 Å². The van der Waals surface area contributed by atoms with Crippen LogP contribution in [0.4, 0.5) is 4.79 Å². The number of oxime groups is 1. The molecule has 1 atom stereocenters. The van der Waals surface area contributed by atoms with Crippen molar-refractivity contribution in [1.82, 2.24) is 10.6 Å². The highest BCUT2D eigenvalue weighted by molar-refractivity contribution is 6.30. The second-order valence-electron chi connectivity index (χ2n) is 8.02. The van der Waals surface area contributed by atoms with Gasteiger partial charge in [-0.1, -0.05) is 42.7 Å². The summed E-state index contributed by atoms with van der Waals surface area (Å²) in [4.78, 5) is 29.0. The fourth-order valence-electron chi connectivity index (χ4n) is 2.26. The second-order valence-corrected chi connectivity index (χ2v) is 8.46. The van der Waals surface area contributed by atoms with Crippen molar-refractivity contribution in [2.24, 2.45) is 16.8 Å². The lowest BCUT2D eigenvalue weighted by Crippen LogP contribution is -2.47. The Morgan fingerprint density at radius 3 is 2.38 bits per heavy atom. The molecule has 0 aromatic heterocycles. The van der Waals surface area contributed by atoms with Gasteiger partial charge >= 0.3 is 6.09 Å². The van der Waals surface area contributed by atoms with Gasteiger partial charge in [0.25, 0.3) is 5.91 Å². The van der Waals surface area contributed by atoms with Crippen LogP contribution in [0.2, 0.25) is 5.02 Å². The first-order valence-electron chi connectivity index (χ1n) is 9.42. The number of amidine groups is 1. The Morgan fingerprint density at radius 2 is 1.83 bits per heavy atom. The third-order valence-electron chi connectivity index (χ3n) is 3.52. The molecular formula is C20H31ClN4O4. The molecule has 9 heteroatoms. The minimum absolute atomic E-state index is 0.0649. The number of benzene rings is 1. The Hall–Kier alpha value is -2.48. The number of nitrogens with one attached hydrogen (secondary N) is 2. The van der Waals surface area contributed by atoms with Gasteiger partial charge in [-0.15, -0.1) is 0 Å². The van der Waals surface area contributed by atoms with Crippen molar-refractivity contribution in [2.45, 2.75) is 59.2 Å². The second kappa shape index (κ2) is 11.5. The Kier molecular flexibility index (Phi) is 9.74. The van der Waals surface area contributed by atoms with E-state index in [1.54, 1.807) is 32.9 Å². The summed E-state index contributed by atoms with van der Waals surface area (Å²) in [5.41, 5.74) is 6.23. The fraction of sp³-hybridized carbons (Fsp3) is 0.550. The number of alkyl carbamates (subject to hydrolysis) is 1. The van der Waals surface area contributed by atoms with Gasteiger partial charge in [0.2, 0.25) is 0 Å². The van der Waals surface area contributed by atoms with Gasteiger partial charge in [-0.2, -0.15) is 0 Å². The first kappa shape index (κ1) is 24.6. The largest absolute Gasteiger partial charge is 0.444 e. The van der Waals surface area contributed by atoms with Gasteiger partial charge in [-0.05, 0) is 50.8 Å². The summed E-state index contributed by atoms with van der Waals surface area (Å²) in [6, 6.07) is 6.56. The maximum Gasteiger partial charge on any atom is 0.408 e. The predicted molar refractivity (Wildman–Crippen MR) is 113 cm³/mol. The Balaban J connectivity index is 2.53. The van der Waals surface area contributed by atoms with E-state index < -0.39 is 17.7 Å². The molecule has 0 saturated carbocycles. The Labute approximate surface area is 177 Å². The van der Waals surface area contributed by atoms with Crippen LogP contribution in [-0.2, 0) is 20.9 Å². The van der Waals surface area contributed by atoms with Gasteiger partial charge in [0.15, 0.2) is 12.4 Å². The van der Waals surface area contributed by atoms with Crippen LogP contribution in [0, 0.1) is 5.92 Å². The highest BCUT2D eigenvalue weighted by Gasteiger charge is 2.23. The van der Waals surface area contributed by atoms with Crippen LogP contribution in [-0.4, -0.2) is 36.1 Å². The van der Waals surface area contributed by atoms with E-state index in [2.05, 4.69) is 15.8 Å². The van der Waals surface area contributed by atoms with Crippen molar-refractivity contribution < 1.29 is 19.2 Å². The van der Waals surface area contributed by atoms with Crippen LogP contribution in [0.3, 0.4) is 0 Å². The minimum atomic E-state index is -0.628. The third kappa shape index (κ3) is 11.2. The SMILES string of the molecule is CC(C)CC(NC(=O)OC(C)(C)C)/C(N)=N/OCC(=O)NCc1ccc(Cl)cc1. The third-order valence-corrected chi connectivity index (χ3v) is 3.78. The molecule has 1 aromatic rings. The molecular weight excluding hydrogens is 396 g/mol. The van der Waals surface area contributed by atoms with Gasteiger partial charge in [0.1, 0.15) is 5.60 Å². The monoisotopic (exact) mass is 426 g/mol. The molecule has 0 aliphatic heterocycles. The molecule has 4 N–H and O–H groups in total. The molecule has 162 valence electrons. The van der Waals surface area contributed by atoms with Crippen LogP contribution in [0.15, 0.2) is 29.4 Å². The molecule has 1 rings (SSSR count). The Morgan fingerprint density at radius 1 is 1.21 bits per heavy atom. The maximum atomic E-state index is 12.0. The smallest absolute Gasteiger partial charge is 0.408 e. The first-order valence-corrected chi connectivity index (χ1v) is 9.80. The molecule has 29 heavy (non-hydrogen) atoms. The summed E-state index contributed by atoms with van der Waals surface area (Å²) in [6.45, 7) is 9.34. The van der Waals surface area contributed by atoms with Crippen molar-refractivity contribution >= 4 is 29.4 Å². The summed E-state index contributed by atoms with van der Waals surface area (Å²) in [7, 11) is 0. The number of hydrogen-bond acceptors (Lipinski definition) is 5. The summed E-state index contributed by atoms with van der Waals surface area (Å²) < 4.78 is 5.25. The summed E-state index contributed by atoms with van der Waals surface area (Å²) in [6.07, 6.45) is -0.0530. The van der Waals surface area contributed by atoms with Crippen LogP contribution < -0.4 is 16.4 Å². The molecule has 0 saturated heterocycles. The fourth-order valence-corrected chi connectivity index (χ4v) is 2.38. The maximum absolute atomic E-state index is 12.0. The normalized spacial score (nSPS) is 13.0. The van der Waals surface area contributed by atoms with Crippen LogP contribution >= 0.6 is 11.6 Å². The van der Waals surface area contributed by atoms with Gasteiger partial charge in [0, 0.05) is 11.6 Å². The summed E-state index contributed by atoms with van der Waals surface area (Å²) in [5.74, 6) is -0.0431. The molecule has 0 bridgehead atoms. The number of carbonyl (C=O) groups is 2. The van der Waals surface area contributed by atoms with Crippen LogP contribution in [0.1, 0.15) is 46.6 Å². The zero-order valence-electron chi connectivity index (χ0n) is 17.6. The van der Waals surface area contributed by atoms with E-state index in [0.29, 0.717) is 18.0 Å². The zero-order valence-corrected chi connectivity index (χ0v) is 18.4. The standard InChI is InChI=1S/C20H31ClN4O4/c1-13(2)10-16(24-19(27)29-20(3,4)5)18(22)25-28-12-17(26)23-11-14-6-8-15(21)9-7-14/h6-9,13,16H,10-12H2,1-5H3,(H2,22,25)(H,23,26)(H,24,27). The zero-order chi connectivity index (χ0) is 22.0. The number of halogens is 1. The first-order chi connectivity index (χ1) is 13.5. The van der Waals surface area contributed by atoms with E-state index in [1.807, 2.05) is 26.0 Å². The molecule has 1 aromatic carbocycles. The molecule has 0 radical (unpaired) electrons. The molecule has 0 heterocycles. The molecule has 2 amide bonds. The number of ether oxygens (including phenoxy) is 1. The molecule has 8 nitrogen and oxygen atoms in total. The van der Waals surface area contributed by atoms with E-state index in [4.69, 9.17) is 26.9 Å². The number of carbonyl (C=O) groups excluding carboxylic acids is 2. The van der Waals surface area contributed by atoms with Crippen LogP contribution in [0.25, 0.3) is 0 Å². The lowest BCUT2D eigenvalue weighted by molar-refractivity contribution is -0.125. The topological polar surface area (TPSA) is 115 Å². The number of hydrogen-bond donors (Lipinski definition) is 3.